The molecule has 0 N–H and O–H groups in total. The zero-order chi connectivity index (χ0) is 17.7. The second-order valence-electron chi connectivity index (χ2n) is 5.87. The smallest absolute Gasteiger partial charge is 0.313 e. The van der Waals surface area contributed by atoms with Crippen molar-refractivity contribution in [1.82, 2.24) is 0 Å². The summed E-state index contributed by atoms with van der Waals surface area (Å²) in [5.74, 6) is 0.544. The fraction of sp³-hybridized carbons (Fsp3) is 0.500. The van der Waals surface area contributed by atoms with Crippen LogP contribution in [0.1, 0.15) is 37.8 Å². The number of hydrogen-bond acceptors (Lipinski definition) is 6. The maximum atomic E-state index is 12.2. The zero-order valence-corrected chi connectivity index (χ0v) is 14.5. The summed E-state index contributed by atoms with van der Waals surface area (Å²) in [5.41, 5.74) is 2.62. The van der Waals surface area contributed by atoms with E-state index in [2.05, 4.69) is 4.99 Å². The Kier molecular flexibility index (Phi) is 5.95. The number of nitrogens with zero attached hydrogens (tertiary/aromatic N) is 1. The summed E-state index contributed by atoms with van der Waals surface area (Å²) in [6, 6.07) is 3.76. The molecule has 0 amide bonds. The van der Waals surface area contributed by atoms with Gasteiger partial charge in [0.25, 0.3) is 0 Å². The van der Waals surface area contributed by atoms with Crippen LogP contribution in [0.4, 0.5) is 0 Å². The van der Waals surface area contributed by atoms with Crippen molar-refractivity contribution in [3.63, 3.8) is 0 Å². The Hall–Kier alpha value is -2.37. The molecule has 0 aromatic heterocycles. The van der Waals surface area contributed by atoms with E-state index in [0.717, 1.165) is 17.5 Å². The molecule has 6 heteroatoms. The number of ketones is 1. The van der Waals surface area contributed by atoms with Crippen LogP contribution < -0.4 is 9.47 Å². The van der Waals surface area contributed by atoms with Gasteiger partial charge in [0.1, 0.15) is 12.2 Å². The summed E-state index contributed by atoms with van der Waals surface area (Å²) in [4.78, 5) is 28.2. The molecule has 0 fully saturated rings. The van der Waals surface area contributed by atoms with E-state index in [4.69, 9.17) is 14.2 Å². The van der Waals surface area contributed by atoms with Gasteiger partial charge in [-0.05, 0) is 38.0 Å². The molecule has 0 saturated carbocycles. The molecule has 0 unspecified atom stereocenters. The van der Waals surface area contributed by atoms with E-state index in [9.17, 15) is 9.59 Å². The van der Waals surface area contributed by atoms with Gasteiger partial charge in [0.05, 0.1) is 20.3 Å². The Labute approximate surface area is 141 Å². The van der Waals surface area contributed by atoms with E-state index in [1.165, 1.54) is 0 Å². The number of rotatable bonds is 7. The van der Waals surface area contributed by atoms with Gasteiger partial charge in [-0.15, -0.1) is 0 Å². The topological polar surface area (TPSA) is 74.2 Å². The van der Waals surface area contributed by atoms with Gasteiger partial charge in [0, 0.05) is 24.2 Å². The number of benzene rings is 1. The van der Waals surface area contributed by atoms with Gasteiger partial charge in [0.2, 0.25) is 0 Å². The normalized spacial score (nSPS) is 13.1. The van der Waals surface area contributed by atoms with Crippen molar-refractivity contribution in [3.05, 3.63) is 23.3 Å². The van der Waals surface area contributed by atoms with E-state index in [1.807, 2.05) is 12.1 Å². The van der Waals surface area contributed by atoms with Gasteiger partial charge >= 0.3 is 5.97 Å². The number of fused-ring (bicyclic) bond motifs is 1. The minimum atomic E-state index is -0.501. The summed E-state index contributed by atoms with van der Waals surface area (Å²) < 4.78 is 15.7. The minimum absolute atomic E-state index is 0.107. The largest absolute Gasteiger partial charge is 0.493 e. The molecule has 1 aliphatic heterocycles. The predicted molar refractivity (Wildman–Crippen MR) is 90.1 cm³/mol. The Balaban J connectivity index is 2.15. The third kappa shape index (κ3) is 4.34. The zero-order valence-electron chi connectivity index (χ0n) is 14.5. The van der Waals surface area contributed by atoms with E-state index >= 15 is 0 Å². The lowest BCUT2D eigenvalue weighted by molar-refractivity contribution is -0.149. The minimum Gasteiger partial charge on any atom is -0.493 e. The van der Waals surface area contributed by atoms with Crippen molar-refractivity contribution in [1.29, 1.82) is 0 Å². The van der Waals surface area contributed by atoms with Crippen LogP contribution >= 0.6 is 0 Å². The lowest BCUT2D eigenvalue weighted by Crippen LogP contribution is -2.20. The monoisotopic (exact) mass is 333 g/mol. The molecule has 24 heavy (non-hydrogen) atoms. The maximum Gasteiger partial charge on any atom is 0.313 e. The fourth-order valence-corrected chi connectivity index (χ4v) is 2.66. The second kappa shape index (κ2) is 7.95. The van der Waals surface area contributed by atoms with Gasteiger partial charge < -0.3 is 14.2 Å². The highest BCUT2D eigenvalue weighted by Gasteiger charge is 2.22. The third-order valence-corrected chi connectivity index (χ3v) is 3.68. The van der Waals surface area contributed by atoms with Gasteiger partial charge in [-0.25, -0.2) is 0 Å². The van der Waals surface area contributed by atoms with Crippen LogP contribution in [0, 0.1) is 0 Å². The fourth-order valence-electron chi connectivity index (χ4n) is 2.66. The SMILES string of the molecule is COc1cc2c(cc1OC)C(CC(=O)CC(=O)OC(C)C)=NCC2. The van der Waals surface area contributed by atoms with Crippen molar-refractivity contribution >= 4 is 17.5 Å². The third-order valence-electron chi connectivity index (χ3n) is 3.68. The highest BCUT2D eigenvalue weighted by molar-refractivity contribution is 6.15. The molecule has 6 nitrogen and oxygen atoms in total. The summed E-state index contributed by atoms with van der Waals surface area (Å²) in [6.45, 7) is 4.12. The Bertz CT molecular complexity index is 664. The highest BCUT2D eigenvalue weighted by Crippen LogP contribution is 2.33. The maximum absolute atomic E-state index is 12.2. The number of ether oxygens (including phenoxy) is 3. The van der Waals surface area contributed by atoms with E-state index in [-0.39, 0.29) is 24.7 Å². The molecule has 0 bridgehead atoms. The number of aliphatic imine (C=N–C) groups is 1. The Morgan fingerprint density at radius 1 is 1.17 bits per heavy atom. The number of carbonyl (C=O) groups is 2. The van der Waals surface area contributed by atoms with Crippen molar-refractivity contribution in [2.75, 3.05) is 20.8 Å². The average molecular weight is 333 g/mol. The van der Waals surface area contributed by atoms with Crippen LogP contribution in [0.5, 0.6) is 11.5 Å². The molecule has 2 rings (SSSR count). The quantitative estimate of drug-likeness (QED) is 0.566. The number of hydrogen-bond donors (Lipinski definition) is 0. The molecule has 0 spiro atoms. The lowest BCUT2D eigenvalue weighted by atomic mass is 9.93. The number of methoxy groups -OCH3 is 2. The Morgan fingerprint density at radius 2 is 1.83 bits per heavy atom. The number of Topliss-reactive ketones (excluding diaryl/α,β-unsaturated/α-hetero) is 1. The number of esters is 1. The summed E-state index contributed by atoms with van der Waals surface area (Å²) in [5, 5.41) is 0. The van der Waals surface area contributed by atoms with E-state index < -0.39 is 5.97 Å². The molecule has 0 atom stereocenters. The average Bonchev–Trinajstić information content (AvgIpc) is 2.52. The summed E-state index contributed by atoms with van der Waals surface area (Å²) in [7, 11) is 3.16. The molecule has 1 heterocycles. The number of carbonyl (C=O) groups excluding carboxylic acids is 2. The van der Waals surface area contributed by atoms with Gasteiger partial charge in [-0.2, -0.15) is 0 Å². The second-order valence-corrected chi connectivity index (χ2v) is 5.87. The highest BCUT2D eigenvalue weighted by atomic mass is 16.5. The molecule has 1 aromatic rings. The van der Waals surface area contributed by atoms with Gasteiger partial charge in [0.15, 0.2) is 11.5 Å². The molecule has 1 aromatic carbocycles. The first-order valence-electron chi connectivity index (χ1n) is 7.94. The van der Waals surface area contributed by atoms with Crippen molar-refractivity contribution in [2.45, 2.75) is 39.2 Å². The molecular weight excluding hydrogens is 310 g/mol. The van der Waals surface area contributed by atoms with Crippen molar-refractivity contribution in [2.24, 2.45) is 4.99 Å². The van der Waals surface area contributed by atoms with E-state index in [1.54, 1.807) is 28.1 Å². The molecule has 1 aliphatic rings. The van der Waals surface area contributed by atoms with Crippen molar-refractivity contribution < 1.29 is 23.8 Å². The van der Waals surface area contributed by atoms with Crippen LogP contribution in [0.15, 0.2) is 17.1 Å². The van der Waals surface area contributed by atoms with Crippen LogP contribution in [0.2, 0.25) is 0 Å². The molecule has 0 radical (unpaired) electrons. The van der Waals surface area contributed by atoms with Crippen LogP contribution in [0.3, 0.4) is 0 Å². The lowest BCUT2D eigenvalue weighted by Gasteiger charge is -2.19. The first kappa shape index (κ1) is 18.0. The summed E-state index contributed by atoms with van der Waals surface area (Å²) in [6.07, 6.45) is 0.424. The van der Waals surface area contributed by atoms with Crippen LogP contribution in [-0.2, 0) is 20.7 Å². The van der Waals surface area contributed by atoms with Gasteiger partial charge in [-0.3, -0.25) is 14.6 Å². The van der Waals surface area contributed by atoms with E-state index in [0.29, 0.717) is 23.8 Å². The van der Waals surface area contributed by atoms with Crippen LogP contribution in [-0.4, -0.2) is 44.3 Å². The van der Waals surface area contributed by atoms with Gasteiger partial charge in [-0.1, -0.05) is 0 Å². The first-order chi connectivity index (χ1) is 11.4. The van der Waals surface area contributed by atoms with Crippen molar-refractivity contribution in [3.8, 4) is 11.5 Å². The Morgan fingerprint density at radius 3 is 2.46 bits per heavy atom. The van der Waals surface area contributed by atoms with Crippen LogP contribution in [0.25, 0.3) is 0 Å². The predicted octanol–water partition coefficient (Wildman–Crippen LogP) is 2.35. The summed E-state index contributed by atoms with van der Waals surface area (Å²) >= 11 is 0. The standard InChI is InChI=1S/C18H23NO5/c1-11(2)24-18(21)9-13(20)8-15-14-10-17(23-4)16(22-3)7-12(14)5-6-19-15/h7,10-11H,5-6,8-9H2,1-4H3. The molecule has 0 aliphatic carbocycles. The molecular formula is C18H23NO5. The molecule has 130 valence electrons. The molecule has 0 saturated heterocycles. The first-order valence-corrected chi connectivity index (χ1v) is 7.94.